The zero-order chi connectivity index (χ0) is 29.0. The molecule has 6 heteroatoms. The molecule has 0 saturated heterocycles. The third-order valence-corrected chi connectivity index (χ3v) is 9.04. The van der Waals surface area contributed by atoms with E-state index in [1.54, 1.807) is 11.3 Å². The smallest absolute Gasteiger partial charge is 0.166 e. The van der Waals surface area contributed by atoms with E-state index in [1.807, 2.05) is 60.7 Å². The number of hydrogen-bond donors (Lipinski definition) is 0. The minimum absolute atomic E-state index is 0.582. The van der Waals surface area contributed by atoms with Crippen LogP contribution in [0.1, 0.15) is 0 Å². The quantitative estimate of drug-likeness (QED) is 0.207. The third kappa shape index (κ3) is 4.00. The second-order valence-corrected chi connectivity index (χ2v) is 11.7. The molecule has 0 amide bonds. The molecule has 0 aliphatic carbocycles. The van der Waals surface area contributed by atoms with Gasteiger partial charge in [0.25, 0.3) is 0 Å². The molecule has 0 N–H and O–H groups in total. The van der Waals surface area contributed by atoms with Crippen molar-refractivity contribution in [2.24, 2.45) is 0 Å². The molecule has 0 saturated carbocycles. The molecule has 0 radical (unpaired) electrons. The zero-order valence-electron chi connectivity index (χ0n) is 23.3. The van der Waals surface area contributed by atoms with Crippen molar-refractivity contribution in [3.63, 3.8) is 0 Å². The van der Waals surface area contributed by atoms with Gasteiger partial charge in [-0.1, -0.05) is 109 Å². The Balaban J connectivity index is 1.29. The molecular formula is C38H22N4OS. The molecule has 5 nitrogen and oxygen atoms in total. The van der Waals surface area contributed by atoms with Crippen molar-refractivity contribution in [1.29, 1.82) is 0 Å². The van der Waals surface area contributed by atoms with E-state index in [0.29, 0.717) is 17.5 Å². The van der Waals surface area contributed by atoms with Crippen LogP contribution in [0.2, 0.25) is 0 Å². The molecule has 6 aromatic carbocycles. The highest BCUT2D eigenvalue weighted by molar-refractivity contribution is 7.21. The summed E-state index contributed by atoms with van der Waals surface area (Å²) in [6.07, 6.45) is 0. The molecule has 9 aromatic rings. The Labute approximate surface area is 256 Å². The summed E-state index contributed by atoms with van der Waals surface area (Å²) in [5.74, 6) is 1.78. The third-order valence-electron chi connectivity index (χ3n) is 7.99. The summed E-state index contributed by atoms with van der Waals surface area (Å²) >= 11 is 1.68. The topological polar surface area (TPSA) is 64.7 Å². The van der Waals surface area contributed by atoms with Gasteiger partial charge >= 0.3 is 0 Å². The van der Waals surface area contributed by atoms with Crippen LogP contribution in [0.15, 0.2) is 138 Å². The Hall–Kier alpha value is -5.72. The fraction of sp³-hybridized carbons (Fsp3) is 0. The minimum Gasteiger partial charge on any atom is -0.456 e. The lowest BCUT2D eigenvalue weighted by atomic mass is 10.0. The number of benzene rings is 6. The monoisotopic (exact) mass is 582 g/mol. The average Bonchev–Trinajstić information content (AvgIpc) is 3.70. The molecular weight excluding hydrogens is 561 g/mol. The number of rotatable bonds is 4. The molecule has 0 spiro atoms. The molecule has 0 bridgehead atoms. The summed E-state index contributed by atoms with van der Waals surface area (Å²) < 4.78 is 7.28. The summed E-state index contributed by atoms with van der Waals surface area (Å²) in [5.41, 5.74) is 6.32. The van der Waals surface area contributed by atoms with Gasteiger partial charge in [-0.15, -0.1) is 11.3 Å². The fourth-order valence-corrected chi connectivity index (χ4v) is 6.98. The van der Waals surface area contributed by atoms with Crippen molar-refractivity contribution in [3.8, 4) is 44.7 Å². The highest BCUT2D eigenvalue weighted by atomic mass is 32.1. The summed E-state index contributed by atoms with van der Waals surface area (Å²) in [4.78, 5) is 20.4. The van der Waals surface area contributed by atoms with E-state index in [-0.39, 0.29) is 0 Å². The zero-order valence-corrected chi connectivity index (χ0v) is 24.1. The largest absolute Gasteiger partial charge is 0.456 e. The van der Waals surface area contributed by atoms with Gasteiger partial charge in [-0.3, -0.25) is 0 Å². The maximum Gasteiger partial charge on any atom is 0.166 e. The van der Waals surface area contributed by atoms with Gasteiger partial charge in [-0.05, 0) is 35.0 Å². The Kier molecular flexibility index (Phi) is 5.61. The van der Waals surface area contributed by atoms with E-state index in [4.69, 9.17) is 24.4 Å². The van der Waals surface area contributed by atoms with E-state index in [0.717, 1.165) is 59.4 Å². The van der Waals surface area contributed by atoms with E-state index in [1.165, 1.54) is 10.8 Å². The second-order valence-electron chi connectivity index (χ2n) is 10.6. The number of fused-ring (bicyclic) bond motifs is 5. The number of hydrogen-bond acceptors (Lipinski definition) is 6. The van der Waals surface area contributed by atoms with Crippen LogP contribution in [0.4, 0.5) is 0 Å². The fourth-order valence-electron chi connectivity index (χ4n) is 5.95. The first-order valence-electron chi connectivity index (χ1n) is 14.4. The molecule has 44 heavy (non-hydrogen) atoms. The summed E-state index contributed by atoms with van der Waals surface area (Å²) in [6.45, 7) is 0. The van der Waals surface area contributed by atoms with E-state index in [9.17, 15) is 0 Å². The predicted molar refractivity (Wildman–Crippen MR) is 180 cm³/mol. The number of para-hydroxylation sites is 2. The molecule has 0 aliphatic heterocycles. The van der Waals surface area contributed by atoms with E-state index < -0.39 is 0 Å². The second kappa shape index (κ2) is 9.93. The van der Waals surface area contributed by atoms with Crippen molar-refractivity contribution in [1.82, 2.24) is 19.9 Å². The maximum absolute atomic E-state index is 6.20. The van der Waals surface area contributed by atoms with Crippen LogP contribution in [0.3, 0.4) is 0 Å². The van der Waals surface area contributed by atoms with Crippen LogP contribution >= 0.6 is 11.3 Å². The molecule has 3 aromatic heterocycles. The predicted octanol–water partition coefficient (Wildman–Crippen LogP) is 10.2. The maximum atomic E-state index is 6.20. The number of nitrogens with zero attached hydrogens (tertiary/aromatic N) is 4. The average molecular weight is 583 g/mol. The van der Waals surface area contributed by atoms with Crippen LogP contribution in [-0.4, -0.2) is 19.9 Å². The lowest BCUT2D eigenvalue weighted by Gasteiger charge is -2.09. The number of thiazole rings is 1. The SMILES string of the molecule is c1ccc(-c2nc(-c3cccc4sc(-c5cccc6ccccc56)nc34)nc(-c3cccc4oc5ccccc5c34)n2)cc1. The van der Waals surface area contributed by atoms with Crippen molar-refractivity contribution in [3.05, 3.63) is 133 Å². The highest BCUT2D eigenvalue weighted by Gasteiger charge is 2.20. The summed E-state index contributed by atoms with van der Waals surface area (Å²) in [6, 6.07) is 45.2. The lowest BCUT2D eigenvalue weighted by molar-refractivity contribution is 0.669. The molecule has 0 aliphatic rings. The molecule has 9 rings (SSSR count). The Morgan fingerprint density at radius 3 is 2.00 bits per heavy atom. The van der Waals surface area contributed by atoms with E-state index >= 15 is 0 Å². The Bertz CT molecular complexity index is 2510. The van der Waals surface area contributed by atoms with Gasteiger partial charge in [-0.2, -0.15) is 0 Å². The van der Waals surface area contributed by atoms with Gasteiger partial charge in [0.15, 0.2) is 17.5 Å². The first kappa shape index (κ1) is 24.8. The van der Waals surface area contributed by atoms with Crippen LogP contribution < -0.4 is 0 Å². The van der Waals surface area contributed by atoms with Crippen LogP contribution in [0.25, 0.3) is 87.7 Å². The minimum atomic E-state index is 0.582. The number of furan rings is 1. The molecule has 0 unspecified atom stereocenters. The molecule has 0 atom stereocenters. The van der Waals surface area contributed by atoms with Gasteiger partial charge in [0.2, 0.25) is 0 Å². The molecule has 3 heterocycles. The van der Waals surface area contributed by atoms with Gasteiger partial charge in [0, 0.05) is 33.0 Å². The van der Waals surface area contributed by atoms with Gasteiger partial charge in [0.05, 0.1) is 10.2 Å². The molecule has 206 valence electrons. The summed E-state index contributed by atoms with van der Waals surface area (Å²) in [7, 11) is 0. The Morgan fingerprint density at radius 2 is 1.09 bits per heavy atom. The lowest BCUT2D eigenvalue weighted by Crippen LogP contribution is -2.00. The Morgan fingerprint density at radius 1 is 0.455 bits per heavy atom. The number of aromatic nitrogens is 4. The van der Waals surface area contributed by atoms with Crippen molar-refractivity contribution in [2.45, 2.75) is 0 Å². The van der Waals surface area contributed by atoms with Gasteiger partial charge in [0.1, 0.15) is 16.2 Å². The van der Waals surface area contributed by atoms with Crippen LogP contribution in [0, 0.1) is 0 Å². The van der Waals surface area contributed by atoms with Gasteiger partial charge < -0.3 is 4.42 Å². The summed E-state index contributed by atoms with van der Waals surface area (Å²) in [5, 5.41) is 5.37. The van der Waals surface area contributed by atoms with Crippen molar-refractivity contribution < 1.29 is 4.42 Å². The van der Waals surface area contributed by atoms with Crippen molar-refractivity contribution >= 4 is 54.3 Å². The van der Waals surface area contributed by atoms with Crippen LogP contribution in [-0.2, 0) is 0 Å². The van der Waals surface area contributed by atoms with E-state index in [2.05, 4.69) is 72.8 Å². The first-order chi connectivity index (χ1) is 21.8. The van der Waals surface area contributed by atoms with Gasteiger partial charge in [-0.25, -0.2) is 19.9 Å². The standard InChI is InChI=1S/C38H22N4OS/c1-2-12-24(13-3-1)35-40-36(28-18-9-21-31-33(28)27-16-6-7-20-30(27)43-31)42-37(41-35)29-19-10-22-32-34(29)39-38(44-32)26-17-8-14-23-11-4-5-15-25(23)26/h1-22H. The highest BCUT2D eigenvalue weighted by Crippen LogP contribution is 2.39. The normalized spacial score (nSPS) is 11.6. The van der Waals surface area contributed by atoms with Crippen molar-refractivity contribution in [2.75, 3.05) is 0 Å². The first-order valence-corrected chi connectivity index (χ1v) is 15.2. The van der Waals surface area contributed by atoms with Crippen LogP contribution in [0.5, 0.6) is 0 Å². The molecule has 0 fully saturated rings.